The Hall–Kier alpha value is -1.05. The monoisotopic (exact) mass is 373 g/mol. The summed E-state index contributed by atoms with van der Waals surface area (Å²) in [7, 11) is 0. The molecule has 6 nitrogen and oxygen atoms in total. The number of amides is 1. The fourth-order valence-corrected chi connectivity index (χ4v) is 4.32. The first-order valence-corrected chi connectivity index (χ1v) is 9.83. The highest BCUT2D eigenvalue weighted by Crippen LogP contribution is 2.30. The highest BCUT2D eigenvalue weighted by Gasteiger charge is 2.45. The topological polar surface area (TPSA) is 98.7 Å². The van der Waals surface area contributed by atoms with Crippen LogP contribution in [-0.4, -0.2) is 50.8 Å². The van der Waals surface area contributed by atoms with Crippen LogP contribution in [0.4, 0.5) is 0 Å². The van der Waals surface area contributed by atoms with E-state index in [9.17, 15) is 19.2 Å². The Kier molecular flexibility index (Phi) is 7.53. The molecule has 2 N–H and O–H groups in total. The average molecular weight is 374 g/mol. The number of carboxylic acids is 1. The number of nitrogens with one attached hydrogen (secondary N) is 1. The summed E-state index contributed by atoms with van der Waals surface area (Å²) in [4.78, 5) is 23.9. The fourth-order valence-electron chi connectivity index (χ4n) is 2.62. The van der Waals surface area contributed by atoms with Crippen molar-refractivity contribution in [3.63, 3.8) is 0 Å². The van der Waals surface area contributed by atoms with Gasteiger partial charge in [-0.15, -0.1) is 0 Å². The molecule has 1 fully saturated rings. The number of rotatable bonds is 8. The first-order valence-electron chi connectivity index (χ1n) is 8.61. The van der Waals surface area contributed by atoms with Crippen LogP contribution in [0.15, 0.2) is 12.2 Å². The summed E-state index contributed by atoms with van der Waals surface area (Å²) in [5.41, 5.74) is -0.518. The molecule has 1 amide bonds. The van der Waals surface area contributed by atoms with Gasteiger partial charge in [0.1, 0.15) is 5.25 Å². The lowest BCUT2D eigenvalue weighted by atomic mass is 9.82. The van der Waals surface area contributed by atoms with Crippen LogP contribution in [0.3, 0.4) is 0 Å². The molecule has 0 bridgehead atoms. The Morgan fingerprint density at radius 2 is 1.84 bits per heavy atom. The lowest BCUT2D eigenvalue weighted by molar-refractivity contribution is -0.144. The van der Waals surface area contributed by atoms with E-state index >= 15 is 0 Å². The smallest absolute Gasteiger partial charge is 0.313 e. The Balaban J connectivity index is 2.66. The zero-order chi connectivity index (χ0) is 19.4. The predicted molar refractivity (Wildman–Crippen MR) is 98.8 cm³/mol. The quantitative estimate of drug-likeness (QED) is 0.502. The van der Waals surface area contributed by atoms with Gasteiger partial charge in [-0.3, -0.25) is 9.59 Å². The fraction of sp³-hybridized carbons (Fsp3) is 0.778. The van der Waals surface area contributed by atoms with Gasteiger partial charge in [0.15, 0.2) is 4.75 Å². The SMILES string of the molecule is C=C(CC(C)NC(=O)C(C)(C)[S+]([O-])C1CCOCC1)C(C)(C)C(=O)O. The summed E-state index contributed by atoms with van der Waals surface area (Å²) in [6, 6.07) is -0.287. The summed E-state index contributed by atoms with van der Waals surface area (Å²) in [5, 5.41) is 12.1. The number of hydrogen-bond acceptors (Lipinski definition) is 4. The standard InChI is InChI=1S/C18H31NO5S/c1-12(17(3,4)16(21)22)11-13(2)19-15(20)18(5,6)25(23)14-7-9-24-10-8-14/h13-14H,1,7-11H2,2-6H3,(H,19,20)(H,21,22). The van der Waals surface area contributed by atoms with Gasteiger partial charge in [0.25, 0.3) is 5.91 Å². The molecule has 0 radical (unpaired) electrons. The zero-order valence-corrected chi connectivity index (χ0v) is 16.7. The van der Waals surface area contributed by atoms with Crippen molar-refractivity contribution in [3.05, 3.63) is 12.2 Å². The molecular formula is C18H31NO5S. The van der Waals surface area contributed by atoms with Gasteiger partial charge >= 0.3 is 5.97 Å². The van der Waals surface area contributed by atoms with Crippen molar-refractivity contribution < 1.29 is 24.0 Å². The van der Waals surface area contributed by atoms with Gasteiger partial charge in [0.2, 0.25) is 0 Å². The van der Waals surface area contributed by atoms with Crippen LogP contribution in [0.5, 0.6) is 0 Å². The van der Waals surface area contributed by atoms with Crippen LogP contribution < -0.4 is 5.32 Å². The van der Waals surface area contributed by atoms with Gasteiger partial charge in [-0.25, -0.2) is 0 Å². The molecule has 1 heterocycles. The maximum Gasteiger partial charge on any atom is 0.313 e. The van der Waals surface area contributed by atoms with Crippen molar-refractivity contribution in [2.24, 2.45) is 5.41 Å². The van der Waals surface area contributed by atoms with E-state index in [0.29, 0.717) is 38.0 Å². The minimum absolute atomic E-state index is 0.0364. The van der Waals surface area contributed by atoms with Crippen molar-refractivity contribution in [2.45, 2.75) is 69.9 Å². The molecule has 144 valence electrons. The lowest BCUT2D eigenvalue weighted by Crippen LogP contribution is -2.54. The molecule has 1 rings (SSSR count). The van der Waals surface area contributed by atoms with Crippen LogP contribution in [0.1, 0.15) is 53.9 Å². The molecule has 0 saturated carbocycles. The maximum absolute atomic E-state index is 12.8. The van der Waals surface area contributed by atoms with Crippen molar-refractivity contribution in [3.8, 4) is 0 Å². The van der Waals surface area contributed by atoms with Crippen molar-refractivity contribution in [1.82, 2.24) is 5.32 Å². The number of ether oxygens (including phenoxy) is 1. The summed E-state index contributed by atoms with van der Waals surface area (Å²) >= 11 is -1.31. The van der Waals surface area contributed by atoms with Crippen LogP contribution in [0.25, 0.3) is 0 Å². The molecule has 2 atom stereocenters. The van der Waals surface area contributed by atoms with Crippen LogP contribution in [0.2, 0.25) is 0 Å². The summed E-state index contributed by atoms with van der Waals surface area (Å²) in [5.74, 6) is -1.23. The van der Waals surface area contributed by atoms with Gasteiger partial charge in [0, 0.05) is 18.9 Å². The van der Waals surface area contributed by atoms with Gasteiger partial charge in [0.05, 0.1) is 18.6 Å². The van der Waals surface area contributed by atoms with E-state index in [4.69, 9.17) is 4.74 Å². The molecule has 2 unspecified atom stereocenters. The summed E-state index contributed by atoms with van der Waals surface area (Å²) < 4.78 is 17.1. The molecule has 0 aliphatic carbocycles. The third-order valence-electron chi connectivity index (χ3n) is 4.87. The third-order valence-corrected chi connectivity index (χ3v) is 7.14. The third kappa shape index (κ3) is 5.46. The van der Waals surface area contributed by atoms with E-state index in [-0.39, 0.29) is 17.2 Å². The maximum atomic E-state index is 12.8. The number of carboxylic acid groups (broad SMARTS) is 1. The van der Waals surface area contributed by atoms with Crippen molar-refractivity contribution >= 4 is 23.1 Å². The number of hydrogen-bond donors (Lipinski definition) is 2. The molecule has 0 aromatic heterocycles. The van der Waals surface area contributed by atoms with Gasteiger partial charge in [-0.05, 0) is 52.2 Å². The second-order valence-electron chi connectivity index (χ2n) is 7.73. The van der Waals surface area contributed by atoms with Crippen LogP contribution >= 0.6 is 0 Å². The van der Waals surface area contributed by atoms with E-state index in [1.165, 1.54) is 0 Å². The van der Waals surface area contributed by atoms with Crippen LogP contribution in [-0.2, 0) is 25.5 Å². The number of aliphatic carboxylic acids is 1. The van der Waals surface area contributed by atoms with Crippen LogP contribution in [0, 0.1) is 5.41 Å². The molecule has 7 heteroatoms. The van der Waals surface area contributed by atoms with E-state index in [1.54, 1.807) is 34.6 Å². The van der Waals surface area contributed by atoms with Gasteiger partial charge in [-0.2, -0.15) is 0 Å². The Morgan fingerprint density at radius 3 is 2.32 bits per heavy atom. The predicted octanol–water partition coefficient (Wildman–Crippen LogP) is 2.25. The second-order valence-corrected chi connectivity index (χ2v) is 10.0. The second kappa shape index (κ2) is 8.56. The van der Waals surface area contributed by atoms with E-state index in [1.807, 2.05) is 0 Å². The Bertz CT molecular complexity index is 512. The van der Waals surface area contributed by atoms with Gasteiger partial charge in [-0.1, -0.05) is 12.2 Å². The minimum Gasteiger partial charge on any atom is -0.615 e. The molecular weight excluding hydrogens is 342 g/mol. The first-order chi connectivity index (χ1) is 11.4. The minimum atomic E-state index is -1.31. The van der Waals surface area contributed by atoms with Crippen molar-refractivity contribution in [2.75, 3.05) is 13.2 Å². The molecule has 0 aromatic carbocycles. The molecule has 1 saturated heterocycles. The number of carbonyl (C=O) groups is 2. The zero-order valence-electron chi connectivity index (χ0n) is 15.9. The molecule has 25 heavy (non-hydrogen) atoms. The highest BCUT2D eigenvalue weighted by atomic mass is 32.2. The average Bonchev–Trinajstić information content (AvgIpc) is 2.54. The lowest BCUT2D eigenvalue weighted by Gasteiger charge is -2.35. The Labute approximate surface area is 153 Å². The largest absolute Gasteiger partial charge is 0.615 e. The summed E-state index contributed by atoms with van der Waals surface area (Å²) in [6.45, 7) is 13.4. The molecule has 0 aromatic rings. The highest BCUT2D eigenvalue weighted by molar-refractivity contribution is 7.94. The van der Waals surface area contributed by atoms with E-state index < -0.39 is 27.3 Å². The van der Waals surface area contributed by atoms with Gasteiger partial charge < -0.3 is 19.7 Å². The molecule has 0 spiro atoms. The van der Waals surface area contributed by atoms with Crippen molar-refractivity contribution in [1.29, 1.82) is 0 Å². The Morgan fingerprint density at radius 1 is 1.32 bits per heavy atom. The first kappa shape index (κ1) is 22.0. The molecule has 1 aliphatic heterocycles. The van der Waals surface area contributed by atoms with E-state index in [0.717, 1.165) is 0 Å². The molecule has 1 aliphatic rings. The number of carbonyl (C=O) groups excluding carboxylic acids is 1. The normalized spacial score (nSPS) is 19.1. The van der Waals surface area contributed by atoms with E-state index in [2.05, 4.69) is 11.9 Å². The summed E-state index contributed by atoms with van der Waals surface area (Å²) in [6.07, 6.45) is 1.75.